The van der Waals surface area contributed by atoms with Crippen molar-refractivity contribution in [3.63, 3.8) is 0 Å². The summed E-state index contributed by atoms with van der Waals surface area (Å²) in [6.07, 6.45) is 0. The Morgan fingerprint density at radius 2 is 1.35 bits per heavy atom. The number of carbonyl (C=O) groups excluding carboxylic acids is 3. The van der Waals surface area contributed by atoms with Gasteiger partial charge in [0.1, 0.15) is 5.75 Å². The molecule has 0 aliphatic heterocycles. The van der Waals surface area contributed by atoms with E-state index in [1.807, 2.05) is 0 Å². The minimum Gasteiger partial charge on any atom is -0.495 e. The first-order chi connectivity index (χ1) is 7.88. The van der Waals surface area contributed by atoms with Crippen molar-refractivity contribution in [3.8, 4) is 5.75 Å². The third kappa shape index (κ3) is 2.97. The van der Waals surface area contributed by atoms with Crippen LogP contribution in [0.1, 0.15) is 31.1 Å². The maximum absolute atomic E-state index is 11.2. The summed E-state index contributed by atoms with van der Waals surface area (Å²) in [7, 11) is 1.24. The Labute approximate surface area is 111 Å². The molecule has 0 aliphatic rings. The van der Waals surface area contributed by atoms with Crippen LogP contribution >= 0.6 is 34.8 Å². The number of rotatable bonds is 4. The summed E-state index contributed by atoms with van der Waals surface area (Å²) in [4.78, 5) is 33.3. The molecule has 17 heavy (non-hydrogen) atoms. The molecule has 0 heterocycles. The zero-order chi connectivity index (χ0) is 13.2. The highest BCUT2D eigenvalue weighted by atomic mass is 35.5. The van der Waals surface area contributed by atoms with Crippen molar-refractivity contribution >= 4 is 50.5 Å². The molecular weight excluding hydrogens is 290 g/mol. The van der Waals surface area contributed by atoms with Crippen molar-refractivity contribution < 1.29 is 19.1 Å². The van der Waals surface area contributed by atoms with Crippen molar-refractivity contribution in [1.82, 2.24) is 0 Å². The lowest BCUT2D eigenvalue weighted by molar-refractivity contribution is 0.107. The molecule has 1 rings (SSSR count). The van der Waals surface area contributed by atoms with E-state index in [0.29, 0.717) is 0 Å². The lowest BCUT2D eigenvalue weighted by atomic mass is 10.1. The van der Waals surface area contributed by atoms with Crippen molar-refractivity contribution in [2.45, 2.75) is 0 Å². The van der Waals surface area contributed by atoms with Crippen LogP contribution in [0.5, 0.6) is 5.75 Å². The van der Waals surface area contributed by atoms with Crippen LogP contribution in [0.3, 0.4) is 0 Å². The molecule has 0 N–H and O–H groups in total. The van der Waals surface area contributed by atoms with Crippen LogP contribution in [0.25, 0.3) is 0 Å². The molecule has 0 saturated heterocycles. The average molecular weight is 296 g/mol. The van der Waals surface area contributed by atoms with Gasteiger partial charge >= 0.3 is 0 Å². The molecule has 4 nitrogen and oxygen atoms in total. The zero-order valence-corrected chi connectivity index (χ0v) is 10.7. The third-order valence-corrected chi connectivity index (χ3v) is 2.57. The maximum Gasteiger partial charge on any atom is 0.256 e. The summed E-state index contributed by atoms with van der Waals surface area (Å²) >= 11 is 15.9. The highest BCUT2D eigenvalue weighted by molar-refractivity contribution is 6.71. The fraction of sp³-hybridized carbons (Fsp3) is 0.100. The van der Waals surface area contributed by atoms with E-state index >= 15 is 0 Å². The summed E-state index contributed by atoms with van der Waals surface area (Å²) in [6.45, 7) is 0. The maximum atomic E-state index is 11.2. The minimum atomic E-state index is -0.888. The Hall–Kier alpha value is -1.10. The third-order valence-electron chi connectivity index (χ3n) is 1.94. The molecule has 0 saturated carbocycles. The zero-order valence-electron chi connectivity index (χ0n) is 8.42. The molecule has 0 spiro atoms. The normalized spacial score (nSPS) is 9.88. The van der Waals surface area contributed by atoms with Gasteiger partial charge < -0.3 is 4.74 Å². The number of halogens is 3. The SMILES string of the molecule is COc1c(C(=O)Cl)cc(C(=O)Cl)cc1C(=O)Cl. The summed E-state index contributed by atoms with van der Waals surface area (Å²) in [5, 5.41) is -2.62. The first-order valence-corrected chi connectivity index (χ1v) is 5.33. The first-order valence-electron chi connectivity index (χ1n) is 4.20. The van der Waals surface area contributed by atoms with Crippen LogP contribution in [0.4, 0.5) is 0 Å². The van der Waals surface area contributed by atoms with Gasteiger partial charge in [0, 0.05) is 5.56 Å². The van der Waals surface area contributed by atoms with Gasteiger partial charge in [-0.15, -0.1) is 0 Å². The Balaban J connectivity index is 3.63. The number of ether oxygens (including phenoxy) is 1. The number of hydrogen-bond acceptors (Lipinski definition) is 4. The second-order valence-electron chi connectivity index (χ2n) is 2.93. The van der Waals surface area contributed by atoms with E-state index in [4.69, 9.17) is 39.5 Å². The summed E-state index contributed by atoms with van der Waals surface area (Å²) in [5.41, 5.74) is -0.366. The smallest absolute Gasteiger partial charge is 0.256 e. The standard InChI is InChI=1S/C10H5Cl3O4/c1-17-7-5(9(12)15)2-4(8(11)14)3-6(7)10(13)16/h2-3H,1H3. The molecule has 0 aliphatic carbocycles. The van der Waals surface area contributed by atoms with Gasteiger partial charge in [0.15, 0.2) is 0 Å². The molecule has 0 amide bonds. The van der Waals surface area contributed by atoms with Gasteiger partial charge in [0.2, 0.25) is 0 Å². The largest absolute Gasteiger partial charge is 0.495 e. The summed E-state index contributed by atoms with van der Waals surface area (Å²) in [5.74, 6) is -0.0910. The van der Waals surface area contributed by atoms with Crippen LogP contribution in [0, 0.1) is 0 Å². The van der Waals surface area contributed by atoms with Gasteiger partial charge in [-0.25, -0.2) is 0 Å². The number of benzene rings is 1. The molecule has 7 heteroatoms. The van der Waals surface area contributed by atoms with Crippen LogP contribution in [-0.2, 0) is 0 Å². The predicted octanol–water partition coefficient (Wildman–Crippen LogP) is 2.83. The quantitative estimate of drug-likeness (QED) is 0.801. The van der Waals surface area contributed by atoms with E-state index < -0.39 is 15.7 Å². The molecule has 0 unspecified atom stereocenters. The van der Waals surface area contributed by atoms with E-state index in [1.54, 1.807) is 0 Å². The van der Waals surface area contributed by atoms with Gasteiger partial charge in [0.05, 0.1) is 18.2 Å². The van der Waals surface area contributed by atoms with Crippen LogP contribution in [-0.4, -0.2) is 22.8 Å². The average Bonchev–Trinajstić information content (AvgIpc) is 2.26. The Morgan fingerprint density at radius 3 is 1.59 bits per heavy atom. The van der Waals surface area contributed by atoms with E-state index in [1.165, 1.54) is 7.11 Å². The topological polar surface area (TPSA) is 60.4 Å². The Morgan fingerprint density at radius 1 is 0.941 bits per heavy atom. The van der Waals surface area contributed by atoms with E-state index in [9.17, 15) is 14.4 Å². The van der Waals surface area contributed by atoms with Crippen molar-refractivity contribution in [3.05, 3.63) is 28.8 Å². The van der Waals surface area contributed by atoms with Gasteiger partial charge in [-0.2, -0.15) is 0 Å². The van der Waals surface area contributed by atoms with Crippen molar-refractivity contribution in [1.29, 1.82) is 0 Å². The monoisotopic (exact) mass is 294 g/mol. The highest BCUT2D eigenvalue weighted by Crippen LogP contribution is 2.29. The van der Waals surface area contributed by atoms with E-state index in [0.717, 1.165) is 12.1 Å². The lowest BCUT2D eigenvalue weighted by Gasteiger charge is -2.10. The second kappa shape index (κ2) is 5.49. The van der Waals surface area contributed by atoms with Crippen LogP contribution < -0.4 is 4.74 Å². The second-order valence-corrected chi connectivity index (χ2v) is 3.96. The first kappa shape index (κ1) is 14.0. The van der Waals surface area contributed by atoms with Gasteiger partial charge in [-0.05, 0) is 46.9 Å². The van der Waals surface area contributed by atoms with Crippen molar-refractivity contribution in [2.75, 3.05) is 7.11 Å². The minimum absolute atomic E-state index is 0.0690. The molecular formula is C10H5Cl3O4. The van der Waals surface area contributed by atoms with E-state index in [-0.39, 0.29) is 22.4 Å². The predicted molar refractivity (Wildman–Crippen MR) is 63.5 cm³/mol. The molecule has 0 bridgehead atoms. The van der Waals surface area contributed by atoms with Crippen LogP contribution in [0.15, 0.2) is 12.1 Å². The highest BCUT2D eigenvalue weighted by Gasteiger charge is 2.21. The van der Waals surface area contributed by atoms with Gasteiger partial charge in [-0.3, -0.25) is 14.4 Å². The molecule has 0 atom stereocenters. The molecule has 0 aromatic heterocycles. The van der Waals surface area contributed by atoms with Crippen LogP contribution in [0.2, 0.25) is 0 Å². The lowest BCUT2D eigenvalue weighted by Crippen LogP contribution is -2.05. The summed E-state index contributed by atoms with van der Waals surface area (Å²) < 4.78 is 4.87. The van der Waals surface area contributed by atoms with E-state index in [2.05, 4.69) is 0 Å². The molecule has 1 aromatic rings. The fourth-order valence-corrected chi connectivity index (χ4v) is 1.64. The summed E-state index contributed by atoms with van der Waals surface area (Å²) in [6, 6.07) is 2.26. The number of carbonyl (C=O) groups is 3. The Kier molecular flexibility index (Phi) is 4.51. The molecule has 0 fully saturated rings. The van der Waals surface area contributed by atoms with Gasteiger partial charge in [0.25, 0.3) is 15.7 Å². The van der Waals surface area contributed by atoms with Crippen molar-refractivity contribution in [2.24, 2.45) is 0 Å². The number of methoxy groups -OCH3 is 1. The Bertz CT molecular complexity index is 475. The van der Waals surface area contributed by atoms with Gasteiger partial charge in [-0.1, -0.05) is 0 Å². The molecule has 0 radical (unpaired) electrons. The fourth-order valence-electron chi connectivity index (χ4n) is 1.25. The molecule has 90 valence electrons. The molecule has 1 aromatic carbocycles. The number of hydrogen-bond donors (Lipinski definition) is 0.